The molecular formula is C31H41FN4O5S. The van der Waals surface area contributed by atoms with Crippen molar-refractivity contribution in [3.63, 3.8) is 0 Å². The van der Waals surface area contributed by atoms with Gasteiger partial charge in [0.2, 0.25) is 0 Å². The average Bonchev–Trinajstić information content (AvgIpc) is 2.98. The van der Waals surface area contributed by atoms with Crippen molar-refractivity contribution < 1.29 is 28.1 Å². The lowest BCUT2D eigenvalue weighted by Gasteiger charge is -2.47. The van der Waals surface area contributed by atoms with E-state index >= 15 is 4.39 Å². The molecular weight excluding hydrogens is 559 g/mol. The summed E-state index contributed by atoms with van der Waals surface area (Å²) in [6.45, 7) is 3.32. The molecule has 1 aliphatic rings. The zero-order valence-electron chi connectivity index (χ0n) is 24.1. The number of nitrogens with one attached hydrogen (secondary N) is 3. The number of anilines is 2. The van der Waals surface area contributed by atoms with Crippen molar-refractivity contribution in [2.45, 2.75) is 44.9 Å². The van der Waals surface area contributed by atoms with Crippen molar-refractivity contribution in [1.29, 1.82) is 0 Å². The van der Waals surface area contributed by atoms with Crippen molar-refractivity contribution in [2.24, 2.45) is 0 Å². The Balaban J connectivity index is 1.56. The molecule has 0 aliphatic carbocycles. The normalized spacial score (nSPS) is 16.8. The predicted octanol–water partition coefficient (Wildman–Crippen LogP) is 5.02. The number of carbonyl (C=O) groups excluding carboxylic acids is 1. The van der Waals surface area contributed by atoms with Gasteiger partial charge < -0.3 is 25.8 Å². The Morgan fingerprint density at radius 1 is 1.07 bits per heavy atom. The number of benzene rings is 3. The molecule has 9 nitrogen and oxygen atoms in total. The third-order valence-electron chi connectivity index (χ3n) is 7.23. The molecule has 1 aliphatic heterocycles. The fourth-order valence-electron chi connectivity index (χ4n) is 5.03. The minimum Gasteiger partial charge on any atom is -0.497 e. The maximum atomic E-state index is 16.0. The Morgan fingerprint density at radius 2 is 1.83 bits per heavy atom. The number of hydrogen-bond acceptors (Lipinski definition) is 8. The first kappa shape index (κ1) is 31.6. The average molecular weight is 601 g/mol. The zero-order valence-corrected chi connectivity index (χ0v) is 24.9. The number of carbonyl (C=O) groups is 1. The number of methoxy groups -OCH3 is 1. The van der Waals surface area contributed by atoms with Gasteiger partial charge in [-0.25, -0.2) is 4.39 Å². The fraction of sp³-hybridized carbons (Fsp3) is 0.387. The molecule has 0 unspecified atom stereocenters. The van der Waals surface area contributed by atoms with Crippen LogP contribution in [0.2, 0.25) is 0 Å². The summed E-state index contributed by atoms with van der Waals surface area (Å²) in [5, 5.41) is 20.4. The largest absolute Gasteiger partial charge is 0.497 e. The van der Waals surface area contributed by atoms with Crippen LogP contribution in [0.4, 0.5) is 15.8 Å². The molecule has 0 spiro atoms. The molecule has 3 aromatic rings. The predicted molar refractivity (Wildman–Crippen MR) is 167 cm³/mol. The van der Waals surface area contributed by atoms with Gasteiger partial charge in [-0.3, -0.25) is 18.2 Å². The molecule has 0 bridgehead atoms. The smallest absolute Gasteiger partial charge is 0.254 e. The highest BCUT2D eigenvalue weighted by molar-refractivity contribution is 8.25. The Labute approximate surface area is 248 Å². The van der Waals surface area contributed by atoms with E-state index in [9.17, 15) is 19.0 Å². The van der Waals surface area contributed by atoms with Gasteiger partial charge in [-0.05, 0) is 61.6 Å². The first-order valence-electron chi connectivity index (χ1n) is 14.2. The monoisotopic (exact) mass is 600 g/mol. The molecule has 11 heteroatoms. The molecule has 1 fully saturated rings. The summed E-state index contributed by atoms with van der Waals surface area (Å²) >= 11 is 0. The van der Waals surface area contributed by atoms with Gasteiger partial charge in [0.05, 0.1) is 36.3 Å². The number of aliphatic hydroxyl groups excluding tert-OH is 1. The van der Waals surface area contributed by atoms with Gasteiger partial charge in [0.1, 0.15) is 5.75 Å². The van der Waals surface area contributed by atoms with Crippen molar-refractivity contribution in [3.8, 4) is 5.75 Å². The Morgan fingerprint density at radius 3 is 2.55 bits per heavy atom. The summed E-state index contributed by atoms with van der Waals surface area (Å²) in [6.07, 6.45) is 0.637. The third kappa shape index (κ3) is 8.14. The highest BCUT2D eigenvalue weighted by Gasteiger charge is 2.32. The topological polar surface area (TPSA) is 126 Å². The van der Waals surface area contributed by atoms with Crippen LogP contribution in [0.1, 0.15) is 41.3 Å². The molecule has 4 rings (SSSR count). The van der Waals surface area contributed by atoms with E-state index < -0.39 is 34.6 Å². The van der Waals surface area contributed by atoms with Gasteiger partial charge in [-0.2, -0.15) is 0 Å². The molecule has 228 valence electrons. The number of aliphatic hydroxyl groups is 1. The summed E-state index contributed by atoms with van der Waals surface area (Å²) in [5.74, 6) is -0.654. The molecule has 0 aromatic heterocycles. The van der Waals surface area contributed by atoms with Gasteiger partial charge >= 0.3 is 0 Å². The van der Waals surface area contributed by atoms with Crippen LogP contribution in [0.25, 0.3) is 0 Å². The number of nitrogens with zero attached hydrogens (tertiary/aromatic N) is 1. The Bertz CT molecular complexity index is 1330. The summed E-state index contributed by atoms with van der Waals surface area (Å²) in [5.41, 5.74) is 2.10. The number of hydrogen-bond donors (Lipinski definition) is 6. The molecule has 3 aromatic carbocycles. The summed E-state index contributed by atoms with van der Waals surface area (Å²) < 4.78 is 43.9. The summed E-state index contributed by atoms with van der Waals surface area (Å²) in [4.78, 5) is 13.6. The lowest BCUT2D eigenvalue weighted by Crippen LogP contribution is -2.49. The van der Waals surface area contributed by atoms with Crippen LogP contribution >= 0.6 is 10.8 Å². The van der Waals surface area contributed by atoms with Crippen molar-refractivity contribution in [3.05, 3.63) is 89.2 Å². The van der Waals surface area contributed by atoms with Gasteiger partial charge in [-0.15, -0.1) is 10.8 Å². The minimum atomic E-state index is -3.21. The SMILES string of the molecule is CCNc1cc(C(=O)N[C@@H](Cc2ccccc2)[C@@H](O)CNCc2cccc(OC)c2)c(F)c(N2CCCCS2(O)O)c1. The van der Waals surface area contributed by atoms with Crippen molar-refractivity contribution in [1.82, 2.24) is 10.6 Å². The van der Waals surface area contributed by atoms with E-state index in [2.05, 4.69) is 16.0 Å². The number of ether oxygens (including phenoxy) is 1. The van der Waals surface area contributed by atoms with Gasteiger partial charge in [0.25, 0.3) is 5.91 Å². The van der Waals surface area contributed by atoms with E-state index in [0.717, 1.165) is 16.9 Å². The first-order valence-corrected chi connectivity index (χ1v) is 15.9. The summed E-state index contributed by atoms with van der Waals surface area (Å²) in [7, 11) is -1.61. The van der Waals surface area contributed by atoms with Crippen LogP contribution in [0, 0.1) is 5.82 Å². The second-order valence-corrected chi connectivity index (χ2v) is 12.5. The third-order valence-corrected chi connectivity index (χ3v) is 9.15. The lowest BCUT2D eigenvalue weighted by atomic mass is 10.00. The first-order chi connectivity index (χ1) is 20.2. The molecule has 6 N–H and O–H groups in total. The number of amides is 1. The molecule has 0 radical (unpaired) electrons. The second-order valence-electron chi connectivity index (χ2n) is 10.4. The second kappa shape index (κ2) is 14.7. The maximum Gasteiger partial charge on any atom is 0.254 e. The minimum absolute atomic E-state index is 0.0292. The van der Waals surface area contributed by atoms with Crippen LogP contribution in [0.15, 0.2) is 66.7 Å². The maximum absolute atomic E-state index is 16.0. The molecule has 1 saturated heterocycles. The highest BCUT2D eigenvalue weighted by Crippen LogP contribution is 2.51. The van der Waals surface area contributed by atoms with E-state index in [0.29, 0.717) is 38.0 Å². The van der Waals surface area contributed by atoms with Crippen molar-refractivity contribution in [2.75, 3.05) is 42.1 Å². The molecule has 2 atom stereocenters. The Hall–Kier alpha value is -3.35. The zero-order chi connectivity index (χ0) is 30.1. The quantitative estimate of drug-likeness (QED) is 0.162. The van der Waals surface area contributed by atoms with E-state index in [1.165, 1.54) is 16.4 Å². The van der Waals surface area contributed by atoms with Gasteiger partial charge in [0, 0.05) is 31.9 Å². The van der Waals surface area contributed by atoms with E-state index in [1.807, 2.05) is 61.5 Å². The molecule has 0 saturated carbocycles. The molecule has 1 amide bonds. The van der Waals surface area contributed by atoms with E-state index in [4.69, 9.17) is 4.74 Å². The standard InChI is InChI=1S/C31H41FN4O5S/c1-3-34-24-18-26(30(32)28(19-24)36-14-7-8-15-42(36,39)40)31(38)35-27(17-22-10-5-4-6-11-22)29(37)21-33-20-23-12-9-13-25(16-23)41-2/h4-6,9-13,16,18-19,27,29,33-34,37,39-40H,3,7-8,14-15,17,20-21H2,1-2H3,(H,35,38)/t27-,29-/m0/s1. The van der Waals surface area contributed by atoms with Crippen molar-refractivity contribution >= 4 is 28.1 Å². The van der Waals surface area contributed by atoms with E-state index in [-0.39, 0.29) is 30.1 Å². The fourth-order valence-corrected chi connectivity index (χ4v) is 6.72. The molecule has 1 heterocycles. The van der Waals surface area contributed by atoms with Crippen LogP contribution in [-0.2, 0) is 13.0 Å². The summed E-state index contributed by atoms with van der Waals surface area (Å²) in [6, 6.07) is 19.2. The van der Waals surface area contributed by atoms with Crippen LogP contribution < -0.4 is 25.0 Å². The molecule has 42 heavy (non-hydrogen) atoms. The Kier molecular flexibility index (Phi) is 11.1. The number of halogens is 1. The van der Waals surface area contributed by atoms with Crippen LogP contribution in [0.3, 0.4) is 0 Å². The van der Waals surface area contributed by atoms with Gasteiger partial charge in [-0.1, -0.05) is 42.5 Å². The number of rotatable bonds is 13. The van der Waals surface area contributed by atoms with Gasteiger partial charge in [0.15, 0.2) is 5.82 Å². The van der Waals surface area contributed by atoms with E-state index in [1.54, 1.807) is 7.11 Å². The lowest BCUT2D eigenvalue weighted by molar-refractivity contribution is 0.0826. The van der Waals surface area contributed by atoms with Crippen LogP contribution in [-0.4, -0.2) is 64.8 Å². The van der Waals surface area contributed by atoms with Crippen LogP contribution in [0.5, 0.6) is 5.75 Å². The highest BCUT2D eigenvalue weighted by atomic mass is 32.3.